The number of halogens is 2. The van der Waals surface area contributed by atoms with Gasteiger partial charge in [-0.3, -0.25) is 9.59 Å². The highest BCUT2D eigenvalue weighted by Gasteiger charge is 2.19. The van der Waals surface area contributed by atoms with Crippen molar-refractivity contribution in [3.63, 3.8) is 0 Å². The molecule has 0 aliphatic carbocycles. The Morgan fingerprint density at radius 3 is 1.97 bits per heavy atom. The fourth-order valence-corrected chi connectivity index (χ4v) is 2.93. The fourth-order valence-electron chi connectivity index (χ4n) is 2.68. The van der Waals surface area contributed by atoms with Gasteiger partial charge >= 0.3 is 5.97 Å². The van der Waals surface area contributed by atoms with Crippen LogP contribution in [0.1, 0.15) is 31.8 Å². The summed E-state index contributed by atoms with van der Waals surface area (Å²) in [5, 5.41) is 3.76. The number of benzene rings is 3. The van der Waals surface area contributed by atoms with Gasteiger partial charge in [0.05, 0.1) is 5.56 Å². The van der Waals surface area contributed by atoms with Crippen LogP contribution in [0.15, 0.2) is 72.8 Å². The largest absolute Gasteiger partial charge is 0.452 e. The van der Waals surface area contributed by atoms with Gasteiger partial charge < -0.3 is 10.1 Å². The molecule has 0 radical (unpaired) electrons. The molecule has 30 heavy (non-hydrogen) atoms. The highest BCUT2D eigenvalue weighted by Crippen LogP contribution is 2.18. The van der Waals surface area contributed by atoms with Crippen LogP contribution in [0.2, 0.25) is 10.0 Å². The Morgan fingerprint density at radius 2 is 1.33 bits per heavy atom. The molecule has 0 bridgehead atoms. The van der Waals surface area contributed by atoms with E-state index in [1.165, 1.54) is 12.1 Å². The Kier molecular flexibility index (Phi) is 7.22. The molecule has 7 heteroatoms. The summed E-state index contributed by atoms with van der Waals surface area (Å²) in [5.41, 5.74) is 1.52. The molecule has 0 fully saturated rings. The van der Waals surface area contributed by atoms with E-state index < -0.39 is 18.5 Å². The molecule has 0 aliphatic rings. The van der Waals surface area contributed by atoms with Gasteiger partial charge in [0, 0.05) is 27.7 Å². The van der Waals surface area contributed by atoms with Gasteiger partial charge in [0.25, 0.3) is 5.91 Å². The number of hydrogen-bond donors (Lipinski definition) is 1. The first kappa shape index (κ1) is 21.6. The second kappa shape index (κ2) is 10.1. The number of ketones is 1. The molecule has 3 aromatic rings. The van der Waals surface area contributed by atoms with Crippen molar-refractivity contribution >= 4 is 40.9 Å². The van der Waals surface area contributed by atoms with Crippen LogP contribution < -0.4 is 5.32 Å². The van der Waals surface area contributed by atoms with Crippen molar-refractivity contribution in [2.75, 3.05) is 6.61 Å². The zero-order chi connectivity index (χ0) is 21.5. The van der Waals surface area contributed by atoms with Crippen LogP contribution in [0.3, 0.4) is 0 Å². The number of amides is 1. The Bertz CT molecular complexity index is 1060. The number of esters is 1. The van der Waals surface area contributed by atoms with Crippen LogP contribution >= 0.6 is 23.2 Å². The van der Waals surface area contributed by atoms with Crippen molar-refractivity contribution in [3.05, 3.63) is 105 Å². The van der Waals surface area contributed by atoms with E-state index in [1.807, 2.05) is 0 Å². The number of ether oxygens (including phenoxy) is 1. The third-order valence-corrected chi connectivity index (χ3v) is 4.74. The lowest BCUT2D eigenvalue weighted by Crippen LogP contribution is -2.28. The van der Waals surface area contributed by atoms with E-state index in [-0.39, 0.29) is 23.5 Å². The van der Waals surface area contributed by atoms with Gasteiger partial charge in [-0.2, -0.15) is 0 Å². The summed E-state index contributed by atoms with van der Waals surface area (Å²) >= 11 is 11.7. The second-order valence-corrected chi connectivity index (χ2v) is 7.23. The van der Waals surface area contributed by atoms with Crippen LogP contribution in [0, 0.1) is 0 Å². The molecule has 3 rings (SSSR count). The lowest BCUT2D eigenvalue weighted by atomic mass is 9.98. The molecular formula is C23H17Cl2NO4. The van der Waals surface area contributed by atoms with Crippen LogP contribution in [-0.4, -0.2) is 24.3 Å². The maximum absolute atomic E-state index is 12.8. The molecular weight excluding hydrogens is 425 g/mol. The standard InChI is InChI=1S/C23H17Cl2NO4/c24-17-9-5-15(6-10-17)13-26-21(27)14-30-23(29)20-4-2-1-3-19(20)22(28)16-7-11-18(25)12-8-16/h1-12H,13-14H2,(H,26,27). The van der Waals surface area contributed by atoms with E-state index in [1.54, 1.807) is 60.7 Å². The molecule has 0 atom stereocenters. The predicted molar refractivity (Wildman–Crippen MR) is 115 cm³/mol. The molecule has 3 aromatic carbocycles. The van der Waals surface area contributed by atoms with Gasteiger partial charge in [-0.25, -0.2) is 4.79 Å². The summed E-state index contributed by atoms with van der Waals surface area (Å²) in [5.74, 6) is -1.55. The molecule has 0 spiro atoms. The summed E-state index contributed by atoms with van der Waals surface area (Å²) < 4.78 is 5.10. The molecule has 0 aliphatic heterocycles. The van der Waals surface area contributed by atoms with Crippen molar-refractivity contribution in [1.29, 1.82) is 0 Å². The zero-order valence-corrected chi connectivity index (χ0v) is 17.2. The highest BCUT2D eigenvalue weighted by atomic mass is 35.5. The molecule has 0 aromatic heterocycles. The first-order chi connectivity index (χ1) is 14.4. The minimum absolute atomic E-state index is 0.0861. The third-order valence-electron chi connectivity index (χ3n) is 4.24. The summed E-state index contributed by atoms with van der Waals surface area (Å²) in [6.07, 6.45) is 0. The Balaban J connectivity index is 1.61. The predicted octanol–water partition coefficient (Wildman–Crippen LogP) is 4.70. The molecule has 0 saturated heterocycles. The van der Waals surface area contributed by atoms with E-state index in [0.717, 1.165) is 5.56 Å². The van der Waals surface area contributed by atoms with Gasteiger partial charge in [-0.15, -0.1) is 0 Å². The van der Waals surface area contributed by atoms with E-state index in [2.05, 4.69) is 5.32 Å². The topological polar surface area (TPSA) is 72.5 Å². The number of carbonyl (C=O) groups is 3. The van der Waals surface area contributed by atoms with E-state index in [4.69, 9.17) is 27.9 Å². The van der Waals surface area contributed by atoms with Crippen LogP contribution in [0.5, 0.6) is 0 Å². The van der Waals surface area contributed by atoms with Gasteiger partial charge in [0.1, 0.15) is 0 Å². The Hall–Kier alpha value is -3.15. The summed E-state index contributed by atoms with van der Waals surface area (Å²) in [7, 11) is 0. The monoisotopic (exact) mass is 441 g/mol. The minimum atomic E-state index is -0.755. The smallest absolute Gasteiger partial charge is 0.339 e. The molecule has 152 valence electrons. The SMILES string of the molecule is O=C(COC(=O)c1ccccc1C(=O)c1ccc(Cl)cc1)NCc1ccc(Cl)cc1. The summed E-state index contributed by atoms with van der Waals surface area (Å²) in [6, 6.07) is 19.7. The van der Waals surface area contributed by atoms with Crippen molar-refractivity contribution in [2.24, 2.45) is 0 Å². The van der Waals surface area contributed by atoms with Gasteiger partial charge in [0.15, 0.2) is 12.4 Å². The number of hydrogen-bond acceptors (Lipinski definition) is 4. The van der Waals surface area contributed by atoms with E-state index >= 15 is 0 Å². The first-order valence-electron chi connectivity index (χ1n) is 9.01. The number of nitrogens with one attached hydrogen (secondary N) is 1. The van der Waals surface area contributed by atoms with Crippen molar-refractivity contribution in [2.45, 2.75) is 6.54 Å². The van der Waals surface area contributed by atoms with Crippen LogP contribution in [-0.2, 0) is 16.1 Å². The highest BCUT2D eigenvalue weighted by molar-refractivity contribution is 6.31. The van der Waals surface area contributed by atoms with E-state index in [9.17, 15) is 14.4 Å². The first-order valence-corrected chi connectivity index (χ1v) is 9.77. The van der Waals surface area contributed by atoms with E-state index in [0.29, 0.717) is 15.6 Å². The number of carbonyl (C=O) groups excluding carboxylic acids is 3. The van der Waals surface area contributed by atoms with Crippen molar-refractivity contribution < 1.29 is 19.1 Å². The second-order valence-electron chi connectivity index (χ2n) is 6.36. The van der Waals surface area contributed by atoms with Crippen molar-refractivity contribution in [1.82, 2.24) is 5.32 Å². The third kappa shape index (κ3) is 5.69. The van der Waals surface area contributed by atoms with Gasteiger partial charge in [0.2, 0.25) is 0 Å². The normalized spacial score (nSPS) is 10.3. The fraction of sp³-hybridized carbons (Fsp3) is 0.0870. The maximum Gasteiger partial charge on any atom is 0.339 e. The van der Waals surface area contributed by atoms with Crippen LogP contribution in [0.4, 0.5) is 0 Å². The minimum Gasteiger partial charge on any atom is -0.452 e. The average molecular weight is 442 g/mol. The molecule has 1 N–H and O–H groups in total. The quantitative estimate of drug-likeness (QED) is 0.426. The molecule has 0 saturated carbocycles. The lowest BCUT2D eigenvalue weighted by Gasteiger charge is -2.10. The Morgan fingerprint density at radius 1 is 0.767 bits per heavy atom. The maximum atomic E-state index is 12.8. The zero-order valence-electron chi connectivity index (χ0n) is 15.7. The molecule has 0 unspecified atom stereocenters. The average Bonchev–Trinajstić information content (AvgIpc) is 2.77. The molecule has 1 amide bonds. The van der Waals surface area contributed by atoms with Crippen LogP contribution in [0.25, 0.3) is 0 Å². The molecule has 0 heterocycles. The number of rotatable bonds is 7. The van der Waals surface area contributed by atoms with Gasteiger partial charge in [-0.1, -0.05) is 53.5 Å². The molecule has 5 nitrogen and oxygen atoms in total. The summed E-state index contributed by atoms with van der Waals surface area (Å²) in [4.78, 5) is 37.2. The lowest BCUT2D eigenvalue weighted by molar-refractivity contribution is -0.124. The van der Waals surface area contributed by atoms with Gasteiger partial charge in [-0.05, 0) is 48.0 Å². The van der Waals surface area contributed by atoms with Crippen molar-refractivity contribution in [3.8, 4) is 0 Å². The Labute approximate surface area is 183 Å². The summed E-state index contributed by atoms with van der Waals surface area (Å²) in [6.45, 7) is -0.185.